The van der Waals surface area contributed by atoms with Crippen molar-refractivity contribution in [3.05, 3.63) is 45.5 Å². The number of aromatic nitrogens is 2. The maximum atomic E-state index is 12.2. The summed E-state index contributed by atoms with van der Waals surface area (Å²) in [6.45, 7) is 1.99. The van der Waals surface area contributed by atoms with Gasteiger partial charge in [0.05, 0.1) is 21.4 Å². The van der Waals surface area contributed by atoms with Crippen LogP contribution in [0.3, 0.4) is 0 Å². The molecule has 2 aromatic heterocycles. The summed E-state index contributed by atoms with van der Waals surface area (Å²) in [5.74, 6) is 0.590. The molecule has 8 heteroatoms. The predicted molar refractivity (Wildman–Crippen MR) is 86.9 cm³/mol. The van der Waals surface area contributed by atoms with E-state index in [0.717, 1.165) is 20.4 Å². The van der Waals surface area contributed by atoms with E-state index in [-0.39, 0.29) is 6.54 Å². The normalized spacial score (nSPS) is 12.1. The predicted octanol–water partition coefficient (Wildman–Crippen LogP) is 3.17. The quantitative estimate of drug-likeness (QED) is 0.723. The Labute approximate surface area is 134 Å². The fourth-order valence-corrected chi connectivity index (χ4v) is 5.15. The number of rotatable bonds is 4. The molecule has 5 nitrogen and oxygen atoms in total. The van der Waals surface area contributed by atoms with Crippen molar-refractivity contribution < 1.29 is 8.42 Å². The lowest BCUT2D eigenvalue weighted by Gasteiger charge is -2.02. The van der Waals surface area contributed by atoms with Crippen molar-refractivity contribution in [2.24, 2.45) is 0 Å². The summed E-state index contributed by atoms with van der Waals surface area (Å²) in [6.07, 6.45) is 0. The van der Waals surface area contributed by atoms with E-state index in [4.69, 9.17) is 0 Å². The van der Waals surface area contributed by atoms with Crippen LogP contribution in [0.15, 0.2) is 38.3 Å². The highest BCUT2D eigenvalue weighted by molar-refractivity contribution is 9.11. The van der Waals surface area contributed by atoms with Crippen LogP contribution in [0, 0.1) is 6.92 Å². The molecule has 3 rings (SSSR count). The first-order valence-electron chi connectivity index (χ1n) is 6.15. The molecule has 2 heterocycles. The standard InChI is InChI=1S/C13H12BrN3O2S2/c1-8-6-12(20-13(8)14)21(18,19)15-7-11-16-9-4-2-3-5-10(9)17-11/h2-6,15H,7H2,1H3,(H,16,17). The van der Waals surface area contributed by atoms with Gasteiger partial charge in [0, 0.05) is 0 Å². The Morgan fingerprint density at radius 2 is 2.14 bits per heavy atom. The third-order valence-electron chi connectivity index (χ3n) is 2.97. The van der Waals surface area contributed by atoms with Gasteiger partial charge in [0.25, 0.3) is 10.0 Å². The number of nitrogens with one attached hydrogen (secondary N) is 2. The van der Waals surface area contributed by atoms with Gasteiger partial charge in [0.2, 0.25) is 0 Å². The molecule has 0 aliphatic rings. The Kier molecular flexibility index (Phi) is 3.87. The third kappa shape index (κ3) is 3.03. The number of halogens is 1. The second-order valence-electron chi connectivity index (χ2n) is 4.55. The number of thiophene rings is 1. The number of H-pyrrole nitrogens is 1. The molecule has 0 aliphatic heterocycles. The first-order valence-corrected chi connectivity index (χ1v) is 9.24. The van der Waals surface area contributed by atoms with Crippen molar-refractivity contribution in [1.29, 1.82) is 0 Å². The number of nitrogens with zero attached hydrogens (tertiary/aromatic N) is 1. The average Bonchev–Trinajstić information content (AvgIpc) is 3.01. The topological polar surface area (TPSA) is 74.8 Å². The Morgan fingerprint density at radius 3 is 2.81 bits per heavy atom. The molecule has 0 saturated carbocycles. The fraction of sp³-hybridized carbons (Fsp3) is 0.154. The Hall–Kier alpha value is -1.22. The van der Waals surface area contributed by atoms with E-state index < -0.39 is 10.0 Å². The van der Waals surface area contributed by atoms with Crippen molar-refractivity contribution in [1.82, 2.24) is 14.7 Å². The average molecular weight is 386 g/mol. The minimum atomic E-state index is -3.52. The van der Waals surface area contributed by atoms with Crippen LogP contribution in [-0.2, 0) is 16.6 Å². The molecule has 110 valence electrons. The molecular formula is C13H12BrN3O2S2. The van der Waals surface area contributed by atoms with Gasteiger partial charge in [0.15, 0.2) is 0 Å². The molecule has 0 radical (unpaired) electrons. The number of sulfonamides is 1. The van der Waals surface area contributed by atoms with Gasteiger partial charge in [-0.15, -0.1) is 11.3 Å². The van der Waals surface area contributed by atoms with Gasteiger partial charge < -0.3 is 4.98 Å². The van der Waals surface area contributed by atoms with Gasteiger partial charge in [-0.3, -0.25) is 0 Å². The molecule has 21 heavy (non-hydrogen) atoms. The van der Waals surface area contributed by atoms with Gasteiger partial charge in [-0.1, -0.05) is 12.1 Å². The molecule has 0 fully saturated rings. The number of hydrogen-bond donors (Lipinski definition) is 2. The zero-order chi connectivity index (χ0) is 15.0. The fourth-order valence-electron chi connectivity index (χ4n) is 1.89. The molecule has 3 aromatic rings. The van der Waals surface area contributed by atoms with E-state index >= 15 is 0 Å². The lowest BCUT2D eigenvalue weighted by atomic mass is 10.3. The lowest BCUT2D eigenvalue weighted by Crippen LogP contribution is -2.23. The molecule has 0 bridgehead atoms. The van der Waals surface area contributed by atoms with Crippen LogP contribution in [0.2, 0.25) is 0 Å². The zero-order valence-corrected chi connectivity index (χ0v) is 14.3. The number of para-hydroxylation sites is 2. The van der Waals surface area contributed by atoms with Gasteiger partial charge in [-0.2, -0.15) is 0 Å². The van der Waals surface area contributed by atoms with Gasteiger partial charge in [-0.25, -0.2) is 18.1 Å². The summed E-state index contributed by atoms with van der Waals surface area (Å²) in [5.41, 5.74) is 2.62. The Bertz CT molecular complexity index is 847. The van der Waals surface area contributed by atoms with Crippen molar-refractivity contribution in [3.8, 4) is 0 Å². The molecule has 1 aromatic carbocycles. The molecule has 0 saturated heterocycles. The number of imidazole rings is 1. The molecule has 0 aliphatic carbocycles. The van der Waals surface area contributed by atoms with Gasteiger partial charge in [0.1, 0.15) is 10.0 Å². The van der Waals surface area contributed by atoms with Crippen LogP contribution in [0.4, 0.5) is 0 Å². The van der Waals surface area contributed by atoms with E-state index in [1.165, 1.54) is 11.3 Å². The van der Waals surface area contributed by atoms with Crippen molar-refractivity contribution in [2.45, 2.75) is 17.7 Å². The van der Waals surface area contributed by atoms with Crippen LogP contribution >= 0.6 is 27.3 Å². The van der Waals surface area contributed by atoms with Crippen LogP contribution in [-0.4, -0.2) is 18.4 Å². The van der Waals surface area contributed by atoms with E-state index in [9.17, 15) is 8.42 Å². The summed E-state index contributed by atoms with van der Waals surface area (Å²) in [6, 6.07) is 9.23. The summed E-state index contributed by atoms with van der Waals surface area (Å²) >= 11 is 4.53. The number of aryl methyl sites for hydroxylation is 1. The SMILES string of the molecule is Cc1cc(S(=O)(=O)NCc2nc3ccccc3[nH]2)sc1Br. The molecule has 0 unspecified atom stereocenters. The third-order valence-corrected chi connectivity index (χ3v) is 6.98. The van der Waals surface area contributed by atoms with Crippen molar-refractivity contribution in [3.63, 3.8) is 0 Å². The van der Waals surface area contributed by atoms with E-state index in [1.54, 1.807) is 6.07 Å². The van der Waals surface area contributed by atoms with Gasteiger partial charge >= 0.3 is 0 Å². The highest BCUT2D eigenvalue weighted by Crippen LogP contribution is 2.30. The largest absolute Gasteiger partial charge is 0.341 e. The minimum Gasteiger partial charge on any atom is -0.341 e. The highest BCUT2D eigenvalue weighted by Gasteiger charge is 2.18. The molecule has 2 N–H and O–H groups in total. The number of fused-ring (bicyclic) bond motifs is 1. The second kappa shape index (κ2) is 5.53. The van der Waals surface area contributed by atoms with Crippen molar-refractivity contribution >= 4 is 48.3 Å². The Morgan fingerprint density at radius 1 is 1.38 bits per heavy atom. The summed E-state index contributed by atoms with van der Waals surface area (Å²) in [7, 11) is -3.52. The van der Waals surface area contributed by atoms with Crippen LogP contribution in [0.25, 0.3) is 11.0 Å². The second-order valence-corrected chi connectivity index (χ2v) is 8.91. The van der Waals surface area contributed by atoms with E-state index in [1.807, 2.05) is 31.2 Å². The first-order chi connectivity index (χ1) is 9.95. The maximum Gasteiger partial charge on any atom is 0.250 e. The summed E-state index contributed by atoms with van der Waals surface area (Å²) < 4.78 is 28.1. The monoisotopic (exact) mass is 385 g/mol. The molecule has 0 amide bonds. The smallest absolute Gasteiger partial charge is 0.250 e. The number of aromatic amines is 1. The maximum absolute atomic E-state index is 12.2. The van der Waals surface area contributed by atoms with Crippen LogP contribution in [0.5, 0.6) is 0 Å². The van der Waals surface area contributed by atoms with Crippen LogP contribution in [0.1, 0.15) is 11.4 Å². The molecule has 0 atom stereocenters. The minimum absolute atomic E-state index is 0.131. The number of hydrogen-bond acceptors (Lipinski definition) is 4. The summed E-state index contributed by atoms with van der Waals surface area (Å²) in [4.78, 5) is 7.44. The van der Waals surface area contributed by atoms with E-state index in [0.29, 0.717) is 10.0 Å². The zero-order valence-electron chi connectivity index (χ0n) is 11.1. The van der Waals surface area contributed by atoms with Crippen molar-refractivity contribution in [2.75, 3.05) is 0 Å². The highest BCUT2D eigenvalue weighted by atomic mass is 79.9. The molecular weight excluding hydrogens is 374 g/mol. The molecule has 0 spiro atoms. The number of benzene rings is 1. The lowest BCUT2D eigenvalue weighted by molar-refractivity contribution is 0.582. The summed E-state index contributed by atoms with van der Waals surface area (Å²) in [5, 5.41) is 0. The van der Waals surface area contributed by atoms with Crippen LogP contribution < -0.4 is 4.72 Å². The Balaban J connectivity index is 1.80. The van der Waals surface area contributed by atoms with E-state index in [2.05, 4.69) is 30.6 Å². The first kappa shape index (κ1) is 14.7. The van der Waals surface area contributed by atoms with Gasteiger partial charge in [-0.05, 0) is 46.6 Å².